The number of hydrazine groups is 1. The molecule has 1 amide bonds. The van der Waals surface area contributed by atoms with Gasteiger partial charge in [-0.2, -0.15) is 5.10 Å². The second-order valence-corrected chi connectivity index (χ2v) is 5.14. The fraction of sp³-hybridized carbons (Fsp3) is 0.0769. The quantitative estimate of drug-likeness (QED) is 0.436. The van der Waals surface area contributed by atoms with Gasteiger partial charge in [0.2, 0.25) is 0 Å². The number of halogens is 1. The number of nitrogens with zero attached hydrogens (tertiary/aromatic N) is 2. The molecule has 0 aliphatic rings. The lowest BCUT2D eigenvalue weighted by Crippen LogP contribution is -2.30. The highest BCUT2D eigenvalue weighted by molar-refractivity contribution is 9.10. The highest BCUT2D eigenvalue weighted by atomic mass is 79.9. The van der Waals surface area contributed by atoms with Gasteiger partial charge in [0.05, 0.1) is 22.8 Å². The maximum absolute atomic E-state index is 12.0. The van der Waals surface area contributed by atoms with Gasteiger partial charge < -0.3 is 4.42 Å². The van der Waals surface area contributed by atoms with Gasteiger partial charge in [0.1, 0.15) is 11.3 Å². The van der Waals surface area contributed by atoms with Crippen LogP contribution in [0.25, 0.3) is 11.0 Å². The van der Waals surface area contributed by atoms with Gasteiger partial charge in [0, 0.05) is 11.6 Å². The van der Waals surface area contributed by atoms with E-state index in [0.717, 1.165) is 9.86 Å². The molecule has 0 spiro atoms. The van der Waals surface area contributed by atoms with Crippen LogP contribution in [0.1, 0.15) is 16.1 Å². The summed E-state index contributed by atoms with van der Waals surface area (Å²) in [6.45, 7) is 0.350. The average molecular weight is 335 g/mol. The van der Waals surface area contributed by atoms with Crippen LogP contribution < -0.4 is 11.3 Å². The highest BCUT2D eigenvalue weighted by Crippen LogP contribution is 2.26. The minimum absolute atomic E-state index is 0.350. The van der Waals surface area contributed by atoms with Gasteiger partial charge >= 0.3 is 0 Å². The van der Waals surface area contributed by atoms with Crippen molar-refractivity contribution >= 4 is 32.8 Å². The van der Waals surface area contributed by atoms with Gasteiger partial charge in [-0.1, -0.05) is 18.2 Å². The molecule has 0 fully saturated rings. The maximum atomic E-state index is 12.0. The van der Waals surface area contributed by atoms with E-state index < -0.39 is 0 Å². The third-order valence-electron chi connectivity index (χ3n) is 2.93. The first-order valence-corrected chi connectivity index (χ1v) is 6.67. The Balaban J connectivity index is 2.11. The third kappa shape index (κ3) is 2.21. The fourth-order valence-corrected chi connectivity index (χ4v) is 2.43. The number of furan rings is 1. The monoisotopic (exact) mass is 334 g/mol. The summed E-state index contributed by atoms with van der Waals surface area (Å²) in [7, 11) is 0. The molecule has 0 aliphatic carbocycles. The number of nitrogens with two attached hydrogens (primary N) is 1. The Morgan fingerprint density at radius 3 is 2.95 bits per heavy atom. The van der Waals surface area contributed by atoms with Crippen molar-refractivity contribution in [3.63, 3.8) is 0 Å². The summed E-state index contributed by atoms with van der Waals surface area (Å²) < 4.78 is 8.28. The lowest BCUT2D eigenvalue weighted by Gasteiger charge is -2.02. The van der Waals surface area contributed by atoms with Crippen LogP contribution in [0.3, 0.4) is 0 Å². The van der Waals surface area contributed by atoms with Crippen molar-refractivity contribution in [2.45, 2.75) is 6.54 Å². The van der Waals surface area contributed by atoms with E-state index in [9.17, 15) is 4.79 Å². The van der Waals surface area contributed by atoms with Crippen LogP contribution in [0.15, 0.2) is 45.5 Å². The Morgan fingerprint density at radius 1 is 1.45 bits per heavy atom. The summed E-state index contributed by atoms with van der Waals surface area (Å²) in [5.74, 6) is 5.39. The van der Waals surface area contributed by atoms with Crippen molar-refractivity contribution < 1.29 is 9.21 Å². The van der Waals surface area contributed by atoms with E-state index >= 15 is 0 Å². The number of aromatic nitrogens is 2. The molecule has 0 saturated carbocycles. The first kappa shape index (κ1) is 12.9. The predicted molar refractivity (Wildman–Crippen MR) is 76.9 cm³/mol. The SMILES string of the molecule is NNC(=O)c1c(Cn2cc(Br)cn2)oc2ccccc12. The molecule has 0 saturated heterocycles. The van der Waals surface area contributed by atoms with Crippen LogP contribution in [-0.2, 0) is 6.54 Å². The number of carbonyl (C=O) groups is 1. The van der Waals surface area contributed by atoms with Gasteiger partial charge in [-0.3, -0.25) is 14.9 Å². The van der Waals surface area contributed by atoms with Crippen LogP contribution in [0.4, 0.5) is 0 Å². The second-order valence-electron chi connectivity index (χ2n) is 4.23. The Bertz CT molecular complexity index is 778. The molecule has 0 unspecified atom stereocenters. The Hall–Kier alpha value is -2.12. The summed E-state index contributed by atoms with van der Waals surface area (Å²) in [5, 5.41) is 4.89. The number of para-hydroxylation sites is 1. The molecule has 20 heavy (non-hydrogen) atoms. The summed E-state index contributed by atoms with van der Waals surface area (Å²) in [5.41, 5.74) is 3.24. The summed E-state index contributed by atoms with van der Waals surface area (Å²) in [6, 6.07) is 7.33. The number of nitrogens with one attached hydrogen (secondary N) is 1. The average Bonchev–Trinajstić information content (AvgIpc) is 3.01. The van der Waals surface area contributed by atoms with Crippen molar-refractivity contribution in [2.75, 3.05) is 0 Å². The molecule has 0 aliphatic heterocycles. The van der Waals surface area contributed by atoms with E-state index in [1.807, 2.05) is 24.3 Å². The van der Waals surface area contributed by atoms with Crippen LogP contribution in [0.5, 0.6) is 0 Å². The smallest absolute Gasteiger partial charge is 0.269 e. The molecule has 102 valence electrons. The van der Waals surface area contributed by atoms with Crippen LogP contribution in [0.2, 0.25) is 0 Å². The third-order valence-corrected chi connectivity index (χ3v) is 3.34. The number of hydrogen-bond donors (Lipinski definition) is 2. The Kier molecular flexibility index (Phi) is 3.29. The molecule has 0 atom stereocenters. The molecule has 3 N–H and O–H groups in total. The number of benzene rings is 1. The van der Waals surface area contributed by atoms with Gasteiger partial charge in [0.15, 0.2) is 0 Å². The fourth-order valence-electron chi connectivity index (χ4n) is 2.10. The minimum atomic E-state index is -0.379. The number of nitrogen functional groups attached to an aromatic ring is 1. The molecule has 1 aromatic carbocycles. The summed E-state index contributed by atoms with van der Waals surface area (Å²) in [6.07, 6.45) is 3.47. The first-order chi connectivity index (χ1) is 9.69. The van der Waals surface area contributed by atoms with Gasteiger partial charge in [-0.05, 0) is 22.0 Å². The van der Waals surface area contributed by atoms with Crippen molar-refractivity contribution in [3.05, 3.63) is 52.5 Å². The van der Waals surface area contributed by atoms with Crippen molar-refractivity contribution in [1.29, 1.82) is 0 Å². The standard InChI is InChI=1S/C13H11BrN4O2/c14-8-5-16-18(6-8)7-11-12(13(19)17-15)9-3-1-2-4-10(9)20-11/h1-6H,7,15H2,(H,17,19). The molecule has 7 heteroatoms. The Morgan fingerprint density at radius 2 is 2.25 bits per heavy atom. The second kappa shape index (κ2) is 5.10. The van der Waals surface area contributed by atoms with Crippen LogP contribution >= 0.6 is 15.9 Å². The van der Waals surface area contributed by atoms with Crippen molar-refractivity contribution in [1.82, 2.24) is 15.2 Å². The van der Waals surface area contributed by atoms with Gasteiger partial charge in [-0.25, -0.2) is 5.84 Å². The molecule has 3 rings (SSSR count). The normalized spacial score (nSPS) is 10.9. The highest BCUT2D eigenvalue weighted by Gasteiger charge is 2.20. The molecular weight excluding hydrogens is 324 g/mol. The molecule has 0 radical (unpaired) electrons. The van der Waals surface area contributed by atoms with Gasteiger partial charge in [0.25, 0.3) is 5.91 Å². The lowest BCUT2D eigenvalue weighted by atomic mass is 10.1. The zero-order valence-electron chi connectivity index (χ0n) is 10.3. The zero-order valence-corrected chi connectivity index (χ0v) is 11.9. The van der Waals surface area contributed by atoms with Crippen molar-refractivity contribution in [3.8, 4) is 0 Å². The first-order valence-electron chi connectivity index (χ1n) is 5.88. The Labute approximate surface area is 122 Å². The molecule has 2 heterocycles. The molecule has 0 bridgehead atoms. The predicted octanol–water partition coefficient (Wildman–Crippen LogP) is 2.04. The number of amides is 1. The summed E-state index contributed by atoms with van der Waals surface area (Å²) >= 11 is 3.33. The van der Waals surface area contributed by atoms with Crippen LogP contribution in [-0.4, -0.2) is 15.7 Å². The molecule has 6 nitrogen and oxygen atoms in total. The van der Waals surface area contributed by atoms with Gasteiger partial charge in [-0.15, -0.1) is 0 Å². The van der Waals surface area contributed by atoms with E-state index in [-0.39, 0.29) is 5.91 Å². The van der Waals surface area contributed by atoms with E-state index in [0.29, 0.717) is 23.5 Å². The maximum Gasteiger partial charge on any atom is 0.269 e. The van der Waals surface area contributed by atoms with E-state index in [1.54, 1.807) is 17.1 Å². The molecular formula is C13H11BrN4O2. The van der Waals surface area contributed by atoms with E-state index in [2.05, 4.69) is 26.5 Å². The molecule has 2 aromatic heterocycles. The van der Waals surface area contributed by atoms with E-state index in [4.69, 9.17) is 10.3 Å². The minimum Gasteiger partial charge on any atom is -0.458 e. The number of fused-ring (bicyclic) bond motifs is 1. The van der Waals surface area contributed by atoms with Crippen LogP contribution in [0, 0.1) is 0 Å². The molecule has 3 aromatic rings. The zero-order chi connectivity index (χ0) is 14.1. The topological polar surface area (TPSA) is 86.1 Å². The number of rotatable bonds is 3. The van der Waals surface area contributed by atoms with E-state index in [1.165, 1.54) is 0 Å². The number of hydrogen-bond acceptors (Lipinski definition) is 4. The lowest BCUT2D eigenvalue weighted by molar-refractivity contribution is 0.0953. The summed E-state index contributed by atoms with van der Waals surface area (Å²) in [4.78, 5) is 12.0. The number of carbonyl (C=O) groups excluding carboxylic acids is 1. The van der Waals surface area contributed by atoms with Crippen molar-refractivity contribution in [2.24, 2.45) is 5.84 Å². The largest absolute Gasteiger partial charge is 0.458 e.